The van der Waals surface area contributed by atoms with Gasteiger partial charge in [-0.1, -0.05) is 18.2 Å². The molecular weight excluding hydrogens is 361 g/mol. The number of H-pyrrole nitrogens is 1. The van der Waals surface area contributed by atoms with Gasteiger partial charge in [0.05, 0.1) is 16.8 Å². The van der Waals surface area contributed by atoms with Crippen LogP contribution in [0, 0.1) is 0 Å². The number of pyridine rings is 1. The van der Waals surface area contributed by atoms with Gasteiger partial charge in [-0.25, -0.2) is 0 Å². The van der Waals surface area contributed by atoms with Crippen LogP contribution >= 0.6 is 0 Å². The molecule has 2 atom stereocenters. The van der Waals surface area contributed by atoms with Crippen molar-refractivity contribution in [2.75, 3.05) is 0 Å². The Bertz CT molecular complexity index is 1170. The van der Waals surface area contributed by atoms with Crippen LogP contribution in [-0.4, -0.2) is 19.8 Å². The fraction of sp³-hybridized carbons (Fsp3) is 0.211. The van der Waals surface area contributed by atoms with E-state index in [0.717, 1.165) is 6.42 Å². The second kappa shape index (κ2) is 4.97. The van der Waals surface area contributed by atoms with E-state index < -0.39 is 17.3 Å². The summed E-state index contributed by atoms with van der Waals surface area (Å²) in [5, 5.41) is 21.1. The Labute approximate surface area is 150 Å². The van der Waals surface area contributed by atoms with Crippen molar-refractivity contribution in [1.82, 2.24) is 9.55 Å². The van der Waals surface area contributed by atoms with Gasteiger partial charge in [0.25, 0.3) is 0 Å². The van der Waals surface area contributed by atoms with Crippen molar-refractivity contribution in [1.29, 1.82) is 0 Å². The number of nitrogens with one attached hydrogen (secondary N) is 1. The molecule has 138 valence electrons. The van der Waals surface area contributed by atoms with Gasteiger partial charge in [0.2, 0.25) is 17.3 Å². The summed E-state index contributed by atoms with van der Waals surface area (Å²) in [5.74, 6) is -0.218. The lowest BCUT2D eigenvalue weighted by atomic mass is 10.0. The molecule has 0 saturated carbocycles. The molecule has 0 amide bonds. The van der Waals surface area contributed by atoms with Crippen LogP contribution in [0.25, 0.3) is 16.6 Å². The molecule has 5 nitrogen and oxygen atoms in total. The number of aromatic amines is 1. The van der Waals surface area contributed by atoms with Gasteiger partial charge in [-0.15, -0.1) is 0 Å². The first-order chi connectivity index (χ1) is 12.8. The van der Waals surface area contributed by atoms with Crippen molar-refractivity contribution in [2.24, 2.45) is 0 Å². The normalized spacial score (nSPS) is 20.6. The number of halogens is 3. The molecule has 5 rings (SSSR count). The molecule has 8 heteroatoms. The number of nitrogens with zero attached hydrogens (tertiary/aromatic N) is 1. The number of alkyl halides is 3. The molecule has 2 aliphatic rings. The molecule has 0 saturated heterocycles. The van der Waals surface area contributed by atoms with E-state index in [4.69, 9.17) is 0 Å². The number of fused-ring (bicyclic) bond motifs is 6. The highest BCUT2D eigenvalue weighted by atomic mass is 19.4. The van der Waals surface area contributed by atoms with Gasteiger partial charge in [0, 0.05) is 34.4 Å². The second-order valence-corrected chi connectivity index (χ2v) is 6.92. The molecule has 0 radical (unpaired) electrons. The average molecular weight is 374 g/mol. The maximum absolute atomic E-state index is 13.2. The Morgan fingerprint density at radius 3 is 2.26 bits per heavy atom. The summed E-state index contributed by atoms with van der Waals surface area (Å²) < 4.78 is 40.8. The molecular formula is C19H13F3N2O3. The number of rotatable bonds is 1. The van der Waals surface area contributed by atoms with Gasteiger partial charge >= 0.3 is 6.18 Å². The topological polar surface area (TPSA) is 78.2 Å². The third-order valence-corrected chi connectivity index (χ3v) is 5.41. The van der Waals surface area contributed by atoms with E-state index in [2.05, 4.69) is 4.98 Å². The molecule has 3 aromatic rings. The molecule has 0 spiro atoms. The van der Waals surface area contributed by atoms with Crippen LogP contribution in [-0.2, 0) is 6.18 Å². The van der Waals surface area contributed by atoms with Crippen molar-refractivity contribution >= 4 is 10.9 Å². The SMILES string of the molecule is O=c1cc(C(F)(F)F)c2ccc(-n3c(O)c4c(c3O)[C@H]3C=C[C@@H]4C3)cc2[nH]1. The molecule has 0 aliphatic heterocycles. The molecule has 0 unspecified atom stereocenters. The first-order valence-electron chi connectivity index (χ1n) is 8.35. The van der Waals surface area contributed by atoms with Crippen LogP contribution < -0.4 is 5.56 Å². The van der Waals surface area contributed by atoms with Crippen molar-refractivity contribution in [3.05, 3.63) is 63.5 Å². The third kappa shape index (κ3) is 2.09. The van der Waals surface area contributed by atoms with Gasteiger partial charge in [0.15, 0.2) is 0 Å². The van der Waals surface area contributed by atoms with Crippen LogP contribution in [0.5, 0.6) is 11.8 Å². The van der Waals surface area contributed by atoms with E-state index >= 15 is 0 Å². The zero-order valence-corrected chi connectivity index (χ0v) is 13.7. The first kappa shape index (κ1) is 16.0. The number of hydrogen-bond donors (Lipinski definition) is 3. The molecule has 2 heterocycles. The van der Waals surface area contributed by atoms with Crippen molar-refractivity contribution in [2.45, 2.75) is 24.4 Å². The molecule has 27 heavy (non-hydrogen) atoms. The number of benzene rings is 1. The van der Waals surface area contributed by atoms with E-state index in [9.17, 15) is 28.2 Å². The Hall–Kier alpha value is -3.16. The highest BCUT2D eigenvalue weighted by Crippen LogP contribution is 2.57. The standard InChI is InChI=1S/C19H13F3N2O3/c20-19(21,22)12-7-14(25)23-13-6-10(3-4-11(12)13)24-17(26)15-8-1-2-9(5-8)16(15)18(24)27/h1-4,6-9,26-27H,5H2,(H,23,25)/t8-,9+. The van der Waals surface area contributed by atoms with E-state index in [-0.39, 0.29) is 40.2 Å². The molecule has 1 aromatic carbocycles. The minimum atomic E-state index is -4.67. The van der Waals surface area contributed by atoms with E-state index in [0.29, 0.717) is 17.2 Å². The molecule has 2 aliphatic carbocycles. The van der Waals surface area contributed by atoms with Gasteiger partial charge < -0.3 is 15.2 Å². The maximum atomic E-state index is 13.2. The van der Waals surface area contributed by atoms with Crippen molar-refractivity contribution in [3.8, 4) is 17.4 Å². The second-order valence-electron chi connectivity index (χ2n) is 6.92. The lowest BCUT2D eigenvalue weighted by molar-refractivity contribution is -0.136. The minimum Gasteiger partial charge on any atom is -0.494 e. The van der Waals surface area contributed by atoms with E-state index in [1.54, 1.807) is 0 Å². The van der Waals surface area contributed by atoms with Crippen LogP contribution in [0.2, 0.25) is 0 Å². The van der Waals surface area contributed by atoms with Gasteiger partial charge in [-0.2, -0.15) is 13.2 Å². The zero-order valence-electron chi connectivity index (χ0n) is 13.7. The monoisotopic (exact) mass is 374 g/mol. The first-order valence-corrected chi connectivity index (χ1v) is 8.35. The summed E-state index contributed by atoms with van der Waals surface area (Å²) in [7, 11) is 0. The predicted octanol–water partition coefficient (Wildman–Crippen LogP) is 3.89. The predicted molar refractivity (Wildman–Crippen MR) is 91.5 cm³/mol. The summed E-state index contributed by atoms with van der Waals surface area (Å²) in [5.41, 5.74) is -0.367. The highest BCUT2D eigenvalue weighted by Gasteiger charge is 2.41. The van der Waals surface area contributed by atoms with Gasteiger partial charge in [-0.05, 0) is 18.6 Å². The van der Waals surface area contributed by atoms with Crippen LogP contribution in [0.15, 0.2) is 41.2 Å². The molecule has 2 aromatic heterocycles. The quantitative estimate of drug-likeness (QED) is 0.566. The van der Waals surface area contributed by atoms with Gasteiger partial charge in [-0.3, -0.25) is 9.36 Å². The van der Waals surface area contributed by atoms with Gasteiger partial charge in [0.1, 0.15) is 0 Å². The lowest BCUT2D eigenvalue weighted by Crippen LogP contribution is -2.14. The third-order valence-electron chi connectivity index (χ3n) is 5.41. The summed E-state index contributed by atoms with van der Waals surface area (Å²) in [6.45, 7) is 0. The smallest absolute Gasteiger partial charge is 0.417 e. The van der Waals surface area contributed by atoms with Crippen molar-refractivity contribution in [3.63, 3.8) is 0 Å². The summed E-state index contributed by atoms with van der Waals surface area (Å²) in [6, 6.07) is 4.43. The largest absolute Gasteiger partial charge is 0.494 e. The Morgan fingerprint density at radius 2 is 1.67 bits per heavy atom. The molecule has 3 N–H and O–H groups in total. The lowest BCUT2D eigenvalue weighted by Gasteiger charge is -2.13. The Balaban J connectivity index is 1.74. The molecule has 2 bridgehead atoms. The van der Waals surface area contributed by atoms with E-state index in [1.165, 1.54) is 22.8 Å². The number of aromatic nitrogens is 2. The Kier molecular flexibility index (Phi) is 2.95. The number of aromatic hydroxyl groups is 2. The fourth-order valence-electron chi connectivity index (χ4n) is 4.31. The van der Waals surface area contributed by atoms with Crippen LogP contribution in [0.4, 0.5) is 13.2 Å². The molecule has 0 fully saturated rings. The fourth-order valence-corrected chi connectivity index (χ4v) is 4.31. The number of allylic oxidation sites excluding steroid dienone is 2. The minimum absolute atomic E-state index is 0.0224. The summed E-state index contributed by atoms with van der Waals surface area (Å²) in [4.78, 5) is 14.1. The zero-order chi connectivity index (χ0) is 19.1. The summed E-state index contributed by atoms with van der Waals surface area (Å²) in [6.07, 6.45) is 0.0817. The van der Waals surface area contributed by atoms with Crippen molar-refractivity contribution < 1.29 is 23.4 Å². The van der Waals surface area contributed by atoms with Crippen LogP contribution in [0.3, 0.4) is 0 Å². The highest BCUT2D eigenvalue weighted by molar-refractivity contribution is 5.84. The maximum Gasteiger partial charge on any atom is 0.417 e. The Morgan fingerprint density at radius 1 is 1.04 bits per heavy atom. The number of hydrogen-bond acceptors (Lipinski definition) is 3. The summed E-state index contributed by atoms with van der Waals surface area (Å²) >= 11 is 0. The van der Waals surface area contributed by atoms with E-state index in [1.807, 2.05) is 12.2 Å². The average Bonchev–Trinajstić information content (AvgIpc) is 3.26. The van der Waals surface area contributed by atoms with Crippen LogP contribution in [0.1, 0.15) is 34.9 Å².